The van der Waals surface area contributed by atoms with Gasteiger partial charge in [-0.25, -0.2) is 0 Å². The summed E-state index contributed by atoms with van der Waals surface area (Å²) in [7, 11) is 1.32. The van der Waals surface area contributed by atoms with Gasteiger partial charge in [0.25, 0.3) is 0 Å². The second kappa shape index (κ2) is 4.45. The Morgan fingerprint density at radius 1 is 1.40 bits per heavy atom. The summed E-state index contributed by atoms with van der Waals surface area (Å²) >= 11 is 0. The zero-order valence-corrected chi connectivity index (χ0v) is 9.23. The van der Waals surface area contributed by atoms with Crippen molar-refractivity contribution >= 4 is 5.97 Å². The first-order chi connectivity index (χ1) is 7.00. The number of methoxy groups -OCH3 is 1. The zero-order valence-electron chi connectivity index (χ0n) is 9.23. The number of esters is 1. The first-order valence-corrected chi connectivity index (χ1v) is 4.86. The second-order valence-electron chi connectivity index (χ2n) is 3.76. The average Bonchev–Trinajstić information content (AvgIpc) is 2.28. The summed E-state index contributed by atoms with van der Waals surface area (Å²) in [5.74, 6) is -1.01. The smallest absolute Gasteiger partial charge is 0.311 e. The molecule has 2 unspecified atom stereocenters. The minimum absolute atomic E-state index is 0.413. The largest absolute Gasteiger partial charge is 0.469 e. The predicted molar refractivity (Wildman–Crippen MR) is 57.2 cm³/mol. The van der Waals surface area contributed by atoms with E-state index < -0.39 is 17.5 Å². The van der Waals surface area contributed by atoms with Crippen LogP contribution in [0.1, 0.15) is 19.4 Å². The molecule has 2 atom stereocenters. The van der Waals surface area contributed by atoms with Crippen molar-refractivity contribution in [3.05, 3.63) is 35.9 Å². The number of aliphatic hydroxyl groups is 1. The summed E-state index contributed by atoms with van der Waals surface area (Å²) in [6.45, 7) is 3.27. The van der Waals surface area contributed by atoms with E-state index in [1.54, 1.807) is 26.0 Å². The molecule has 0 aliphatic carbocycles. The number of hydrogen-bond acceptors (Lipinski definition) is 3. The van der Waals surface area contributed by atoms with E-state index in [1.165, 1.54) is 7.11 Å². The molecule has 3 nitrogen and oxygen atoms in total. The summed E-state index contributed by atoms with van der Waals surface area (Å²) in [5, 5.41) is 10.3. The highest BCUT2D eigenvalue weighted by Crippen LogP contribution is 2.29. The molecule has 1 rings (SSSR count). The molecule has 0 amide bonds. The van der Waals surface area contributed by atoms with Crippen molar-refractivity contribution in [2.24, 2.45) is 5.92 Å². The third kappa shape index (κ3) is 2.36. The third-order valence-electron chi connectivity index (χ3n) is 2.76. The van der Waals surface area contributed by atoms with E-state index in [9.17, 15) is 9.90 Å². The van der Waals surface area contributed by atoms with E-state index in [0.717, 1.165) is 0 Å². The van der Waals surface area contributed by atoms with Gasteiger partial charge in [-0.3, -0.25) is 4.79 Å². The van der Waals surface area contributed by atoms with Crippen molar-refractivity contribution in [2.75, 3.05) is 7.11 Å². The number of benzene rings is 1. The summed E-state index contributed by atoms with van der Waals surface area (Å²) in [5.41, 5.74) is -0.489. The molecule has 0 radical (unpaired) electrons. The fourth-order valence-corrected chi connectivity index (χ4v) is 1.43. The van der Waals surface area contributed by atoms with Crippen LogP contribution in [0.25, 0.3) is 0 Å². The maximum absolute atomic E-state index is 11.3. The Bertz CT molecular complexity index is 330. The lowest BCUT2D eigenvalue weighted by atomic mass is 9.84. The quantitative estimate of drug-likeness (QED) is 0.769. The van der Waals surface area contributed by atoms with Gasteiger partial charge >= 0.3 is 5.97 Å². The van der Waals surface area contributed by atoms with Gasteiger partial charge in [0.1, 0.15) is 0 Å². The fourth-order valence-electron chi connectivity index (χ4n) is 1.43. The Hall–Kier alpha value is -1.35. The Balaban J connectivity index is 2.97. The van der Waals surface area contributed by atoms with Crippen LogP contribution in [-0.4, -0.2) is 18.2 Å². The average molecular weight is 208 g/mol. The molecule has 1 N–H and O–H groups in total. The molecule has 1 aromatic carbocycles. The molecule has 0 bridgehead atoms. The van der Waals surface area contributed by atoms with E-state index in [-0.39, 0.29) is 0 Å². The summed E-state index contributed by atoms with van der Waals surface area (Å²) in [4.78, 5) is 11.3. The van der Waals surface area contributed by atoms with Gasteiger partial charge in [0.15, 0.2) is 0 Å². The van der Waals surface area contributed by atoms with Gasteiger partial charge in [0.2, 0.25) is 0 Å². The monoisotopic (exact) mass is 208 g/mol. The number of carbonyl (C=O) groups is 1. The highest BCUT2D eigenvalue weighted by Gasteiger charge is 2.35. The van der Waals surface area contributed by atoms with E-state index in [0.29, 0.717) is 5.56 Å². The molecule has 0 fully saturated rings. The molecule has 0 aliphatic rings. The maximum atomic E-state index is 11.3. The minimum Gasteiger partial charge on any atom is -0.469 e. The topological polar surface area (TPSA) is 46.5 Å². The van der Waals surface area contributed by atoms with Gasteiger partial charge in [0.05, 0.1) is 18.6 Å². The van der Waals surface area contributed by atoms with Crippen LogP contribution >= 0.6 is 0 Å². The lowest BCUT2D eigenvalue weighted by Gasteiger charge is -2.28. The minimum atomic E-state index is -1.20. The van der Waals surface area contributed by atoms with Crippen LogP contribution in [0, 0.1) is 5.92 Å². The van der Waals surface area contributed by atoms with Crippen LogP contribution in [-0.2, 0) is 15.1 Å². The Morgan fingerprint density at radius 3 is 2.40 bits per heavy atom. The zero-order chi connectivity index (χ0) is 11.5. The number of hydrogen-bond donors (Lipinski definition) is 1. The van der Waals surface area contributed by atoms with Crippen LogP contribution in [0.15, 0.2) is 30.3 Å². The fraction of sp³-hybridized carbons (Fsp3) is 0.417. The SMILES string of the molecule is COC(=O)C(C)C(C)(O)c1ccccc1. The van der Waals surface area contributed by atoms with Gasteiger partial charge in [-0.1, -0.05) is 30.3 Å². The molecule has 0 aromatic heterocycles. The van der Waals surface area contributed by atoms with Crippen molar-refractivity contribution < 1.29 is 14.6 Å². The van der Waals surface area contributed by atoms with Crippen LogP contribution < -0.4 is 0 Å². The van der Waals surface area contributed by atoms with Gasteiger partial charge in [-0.2, -0.15) is 0 Å². The Kier molecular flexibility index (Phi) is 3.48. The molecule has 3 heteroatoms. The molecule has 82 valence electrons. The van der Waals surface area contributed by atoms with Crippen molar-refractivity contribution in [1.29, 1.82) is 0 Å². The van der Waals surface area contributed by atoms with Gasteiger partial charge in [-0.15, -0.1) is 0 Å². The normalized spacial score (nSPS) is 16.5. The van der Waals surface area contributed by atoms with Crippen LogP contribution in [0.2, 0.25) is 0 Å². The molecule has 15 heavy (non-hydrogen) atoms. The third-order valence-corrected chi connectivity index (χ3v) is 2.76. The maximum Gasteiger partial charge on any atom is 0.311 e. The molecular formula is C12H16O3. The summed E-state index contributed by atoms with van der Waals surface area (Å²) in [6.07, 6.45) is 0. The van der Waals surface area contributed by atoms with Crippen LogP contribution in [0.5, 0.6) is 0 Å². The van der Waals surface area contributed by atoms with Gasteiger partial charge in [0, 0.05) is 0 Å². The van der Waals surface area contributed by atoms with Crippen LogP contribution in [0.3, 0.4) is 0 Å². The number of rotatable bonds is 3. The highest BCUT2D eigenvalue weighted by atomic mass is 16.5. The molecule has 0 saturated carbocycles. The standard InChI is InChI=1S/C12H16O3/c1-9(11(13)15-3)12(2,14)10-7-5-4-6-8-10/h4-9,14H,1-3H3. The summed E-state index contributed by atoms with van der Waals surface area (Å²) < 4.78 is 4.62. The van der Waals surface area contributed by atoms with E-state index in [2.05, 4.69) is 4.74 Å². The molecule has 0 heterocycles. The van der Waals surface area contributed by atoms with E-state index in [4.69, 9.17) is 0 Å². The highest BCUT2D eigenvalue weighted by molar-refractivity contribution is 5.73. The molecule has 1 aromatic rings. The Labute approximate surface area is 89.7 Å². The second-order valence-corrected chi connectivity index (χ2v) is 3.76. The van der Waals surface area contributed by atoms with E-state index in [1.807, 2.05) is 18.2 Å². The molecule has 0 aliphatic heterocycles. The molecular weight excluding hydrogens is 192 g/mol. The predicted octanol–water partition coefficient (Wildman–Crippen LogP) is 1.70. The van der Waals surface area contributed by atoms with Gasteiger partial charge in [-0.05, 0) is 19.4 Å². The molecule has 0 spiro atoms. The van der Waals surface area contributed by atoms with Crippen molar-refractivity contribution in [3.63, 3.8) is 0 Å². The van der Waals surface area contributed by atoms with Crippen LogP contribution in [0.4, 0.5) is 0 Å². The van der Waals surface area contributed by atoms with Crippen molar-refractivity contribution in [2.45, 2.75) is 19.4 Å². The first-order valence-electron chi connectivity index (χ1n) is 4.86. The van der Waals surface area contributed by atoms with Gasteiger partial charge < -0.3 is 9.84 Å². The lowest BCUT2D eigenvalue weighted by Crippen LogP contribution is -2.35. The van der Waals surface area contributed by atoms with Crippen molar-refractivity contribution in [3.8, 4) is 0 Å². The van der Waals surface area contributed by atoms with Crippen molar-refractivity contribution in [1.82, 2.24) is 0 Å². The summed E-state index contributed by atoms with van der Waals surface area (Å²) in [6, 6.07) is 9.10. The van der Waals surface area contributed by atoms with E-state index >= 15 is 0 Å². The first kappa shape index (κ1) is 11.7. The Morgan fingerprint density at radius 2 is 1.93 bits per heavy atom. The number of carbonyl (C=O) groups excluding carboxylic acids is 1. The lowest BCUT2D eigenvalue weighted by molar-refractivity contribution is -0.154. The number of ether oxygens (including phenoxy) is 1. The molecule has 0 saturated heterocycles.